The van der Waals surface area contributed by atoms with Crippen molar-refractivity contribution in [2.75, 3.05) is 59.5 Å². The number of likely N-dealkylation sites (N-methyl/N-ethyl adjacent to an activating group) is 1. The third-order valence-electron chi connectivity index (χ3n) is 4.92. The van der Waals surface area contributed by atoms with Crippen LogP contribution in [0.1, 0.15) is 31.4 Å². The number of aliphatic imine (C=N–C) groups is 1. The van der Waals surface area contributed by atoms with Crippen molar-refractivity contribution in [3.8, 4) is 0 Å². The molecule has 2 rings (SSSR count). The summed E-state index contributed by atoms with van der Waals surface area (Å²) in [5, 5.41) is 6.64. The van der Waals surface area contributed by atoms with Crippen LogP contribution in [-0.2, 0) is 17.8 Å². The lowest BCUT2D eigenvalue weighted by atomic mass is 10.1. The van der Waals surface area contributed by atoms with Gasteiger partial charge in [0.05, 0.1) is 6.54 Å². The van der Waals surface area contributed by atoms with Gasteiger partial charge in [-0.05, 0) is 31.0 Å². The van der Waals surface area contributed by atoms with E-state index < -0.39 is 0 Å². The van der Waals surface area contributed by atoms with Crippen molar-refractivity contribution in [3.05, 3.63) is 35.4 Å². The number of methoxy groups -OCH3 is 1. The third kappa shape index (κ3) is 8.28. The molecular weight excluding hydrogens is 338 g/mol. The quantitative estimate of drug-likeness (QED) is 0.372. The number of nitrogens with zero attached hydrogens (tertiary/aromatic N) is 3. The zero-order valence-electron chi connectivity index (χ0n) is 17.3. The Morgan fingerprint density at radius 1 is 1.00 bits per heavy atom. The lowest BCUT2D eigenvalue weighted by molar-refractivity contribution is 0.132. The zero-order valence-corrected chi connectivity index (χ0v) is 17.3. The summed E-state index contributed by atoms with van der Waals surface area (Å²) >= 11 is 0. The molecule has 0 radical (unpaired) electrons. The third-order valence-corrected chi connectivity index (χ3v) is 4.92. The smallest absolute Gasteiger partial charge is 0.191 e. The van der Waals surface area contributed by atoms with Crippen LogP contribution in [0, 0.1) is 0 Å². The first-order valence-electron chi connectivity index (χ1n) is 10.3. The van der Waals surface area contributed by atoms with Crippen LogP contribution >= 0.6 is 0 Å². The molecular formula is C21H37N5O. The first-order chi connectivity index (χ1) is 13.2. The lowest BCUT2D eigenvalue weighted by Gasteiger charge is -2.34. The van der Waals surface area contributed by atoms with Crippen molar-refractivity contribution >= 4 is 5.96 Å². The topological polar surface area (TPSA) is 52.1 Å². The van der Waals surface area contributed by atoms with E-state index in [-0.39, 0.29) is 0 Å². The van der Waals surface area contributed by atoms with E-state index in [0.29, 0.717) is 6.54 Å². The van der Waals surface area contributed by atoms with Gasteiger partial charge in [0.25, 0.3) is 0 Å². The van der Waals surface area contributed by atoms with Crippen molar-refractivity contribution in [2.24, 2.45) is 4.99 Å². The zero-order chi connectivity index (χ0) is 19.3. The second kappa shape index (κ2) is 12.7. The number of benzene rings is 1. The molecule has 1 heterocycles. The molecule has 0 atom stereocenters. The van der Waals surface area contributed by atoms with Gasteiger partial charge in [0, 0.05) is 59.5 Å². The Labute approximate surface area is 165 Å². The molecule has 0 unspecified atom stereocenters. The average Bonchev–Trinajstić information content (AvgIpc) is 2.71. The van der Waals surface area contributed by atoms with Crippen LogP contribution in [-0.4, -0.2) is 75.3 Å². The normalized spacial score (nSPS) is 16.5. The van der Waals surface area contributed by atoms with Crippen LogP contribution in [0.2, 0.25) is 0 Å². The highest BCUT2D eigenvalue weighted by Gasteiger charge is 2.15. The van der Waals surface area contributed by atoms with E-state index in [4.69, 9.17) is 4.74 Å². The summed E-state index contributed by atoms with van der Waals surface area (Å²) < 4.78 is 5.08. The summed E-state index contributed by atoms with van der Waals surface area (Å²) in [6.45, 7) is 14.4. The van der Waals surface area contributed by atoms with Crippen LogP contribution in [0.4, 0.5) is 0 Å². The van der Waals surface area contributed by atoms with Crippen molar-refractivity contribution in [1.29, 1.82) is 0 Å². The van der Waals surface area contributed by atoms with Crippen molar-refractivity contribution in [2.45, 2.75) is 33.4 Å². The van der Waals surface area contributed by atoms with Crippen LogP contribution in [0.3, 0.4) is 0 Å². The van der Waals surface area contributed by atoms with Gasteiger partial charge in [-0.15, -0.1) is 0 Å². The van der Waals surface area contributed by atoms with Gasteiger partial charge in [-0.2, -0.15) is 0 Å². The standard InChI is InChI=1S/C21H37N5O/c1-4-22-21(23-11-6-16-27-3)24-17-19-7-9-20(10-8-19)18-26-14-12-25(5-2)13-15-26/h7-10H,4-6,11-18H2,1-3H3,(H2,22,23,24). The van der Waals surface area contributed by atoms with E-state index in [1.54, 1.807) is 7.11 Å². The van der Waals surface area contributed by atoms with Gasteiger partial charge in [-0.1, -0.05) is 31.2 Å². The molecule has 6 nitrogen and oxygen atoms in total. The van der Waals surface area contributed by atoms with Crippen molar-refractivity contribution in [1.82, 2.24) is 20.4 Å². The predicted molar refractivity (Wildman–Crippen MR) is 113 cm³/mol. The molecule has 1 aromatic rings. The maximum Gasteiger partial charge on any atom is 0.191 e. The van der Waals surface area contributed by atoms with Crippen LogP contribution < -0.4 is 10.6 Å². The number of hydrogen-bond donors (Lipinski definition) is 2. The molecule has 0 aromatic heterocycles. The summed E-state index contributed by atoms with van der Waals surface area (Å²) in [5.74, 6) is 0.867. The number of rotatable bonds is 10. The molecule has 1 aliphatic heterocycles. The van der Waals surface area contributed by atoms with Gasteiger partial charge in [0.1, 0.15) is 0 Å². The van der Waals surface area contributed by atoms with Crippen molar-refractivity contribution < 1.29 is 4.74 Å². The highest BCUT2D eigenvalue weighted by atomic mass is 16.5. The fourth-order valence-electron chi connectivity index (χ4n) is 3.21. The van der Waals surface area contributed by atoms with Gasteiger partial charge in [0.15, 0.2) is 5.96 Å². The molecule has 0 aliphatic carbocycles. The molecule has 27 heavy (non-hydrogen) atoms. The SMILES string of the molecule is CCNC(=NCc1ccc(CN2CCN(CC)CC2)cc1)NCCCOC. The van der Waals surface area contributed by atoms with E-state index in [2.05, 4.69) is 63.5 Å². The molecule has 1 aromatic carbocycles. The Balaban J connectivity index is 1.79. The van der Waals surface area contributed by atoms with E-state index >= 15 is 0 Å². The first kappa shape index (κ1) is 21.7. The second-order valence-electron chi connectivity index (χ2n) is 7.00. The molecule has 0 amide bonds. The molecule has 0 saturated carbocycles. The maximum absolute atomic E-state index is 5.08. The molecule has 1 fully saturated rings. The average molecular weight is 376 g/mol. The Kier molecular flexibility index (Phi) is 10.2. The van der Waals surface area contributed by atoms with Crippen LogP contribution in [0.15, 0.2) is 29.3 Å². The highest BCUT2D eigenvalue weighted by Crippen LogP contribution is 2.11. The van der Waals surface area contributed by atoms with Gasteiger partial charge < -0.3 is 20.3 Å². The molecule has 1 aliphatic rings. The molecule has 0 spiro atoms. The molecule has 6 heteroatoms. The molecule has 0 bridgehead atoms. The molecule has 152 valence electrons. The summed E-state index contributed by atoms with van der Waals surface area (Å²) in [5.41, 5.74) is 2.63. The van der Waals surface area contributed by atoms with E-state index in [1.807, 2.05) is 0 Å². The number of guanidine groups is 1. The van der Waals surface area contributed by atoms with Gasteiger partial charge in [-0.3, -0.25) is 4.90 Å². The monoisotopic (exact) mass is 375 g/mol. The van der Waals surface area contributed by atoms with Gasteiger partial charge in [0.2, 0.25) is 0 Å². The van der Waals surface area contributed by atoms with Crippen LogP contribution in [0.5, 0.6) is 0 Å². The molecule has 2 N–H and O–H groups in total. The van der Waals surface area contributed by atoms with Crippen molar-refractivity contribution in [3.63, 3.8) is 0 Å². The summed E-state index contributed by atoms with van der Waals surface area (Å²) in [7, 11) is 1.73. The largest absolute Gasteiger partial charge is 0.385 e. The number of nitrogens with one attached hydrogen (secondary N) is 2. The minimum absolute atomic E-state index is 0.690. The highest BCUT2D eigenvalue weighted by molar-refractivity contribution is 5.79. The summed E-state index contributed by atoms with van der Waals surface area (Å²) in [4.78, 5) is 9.75. The minimum atomic E-state index is 0.690. The Morgan fingerprint density at radius 3 is 2.30 bits per heavy atom. The fraction of sp³-hybridized carbons (Fsp3) is 0.667. The summed E-state index contributed by atoms with van der Waals surface area (Å²) in [6.07, 6.45) is 0.974. The van der Waals surface area contributed by atoms with E-state index in [1.165, 1.54) is 43.9 Å². The Hall–Kier alpha value is -1.63. The fourth-order valence-corrected chi connectivity index (χ4v) is 3.21. The Bertz CT molecular complexity index is 538. The number of ether oxygens (including phenoxy) is 1. The maximum atomic E-state index is 5.08. The van der Waals surface area contributed by atoms with Crippen LogP contribution in [0.25, 0.3) is 0 Å². The number of hydrogen-bond acceptors (Lipinski definition) is 4. The molecule has 1 saturated heterocycles. The van der Waals surface area contributed by atoms with Gasteiger partial charge in [-0.25, -0.2) is 4.99 Å². The Morgan fingerprint density at radius 2 is 1.67 bits per heavy atom. The number of piperazine rings is 1. The van der Waals surface area contributed by atoms with E-state index in [0.717, 1.165) is 38.6 Å². The first-order valence-corrected chi connectivity index (χ1v) is 10.3. The lowest BCUT2D eigenvalue weighted by Crippen LogP contribution is -2.45. The second-order valence-corrected chi connectivity index (χ2v) is 7.00. The predicted octanol–water partition coefficient (Wildman–Crippen LogP) is 1.92. The summed E-state index contributed by atoms with van der Waals surface area (Å²) in [6, 6.07) is 8.90. The van der Waals surface area contributed by atoms with Gasteiger partial charge >= 0.3 is 0 Å². The van der Waals surface area contributed by atoms with E-state index in [9.17, 15) is 0 Å². The minimum Gasteiger partial charge on any atom is -0.385 e.